The summed E-state index contributed by atoms with van der Waals surface area (Å²) < 4.78 is 0. The Labute approximate surface area is 118 Å². The lowest BCUT2D eigenvalue weighted by Crippen LogP contribution is -2.11. The van der Waals surface area contributed by atoms with Crippen molar-refractivity contribution in [3.8, 4) is 0 Å². The van der Waals surface area contributed by atoms with Crippen molar-refractivity contribution >= 4 is 27.8 Å². The molecular formula is C19H16O. The van der Waals surface area contributed by atoms with E-state index in [-0.39, 0.29) is 5.92 Å². The standard InChI is InChI=1S/C19H16O/c20-12-15-6-3-5-14-9-10-17-16-7-2-1-4-13(16)8-11-18(17)19(14)15/h1-2,4,7-12,15H,3,5-6H2. The Kier molecular flexibility index (Phi) is 2.59. The minimum atomic E-state index is 0.0728. The normalized spacial score (nSPS) is 18.1. The van der Waals surface area contributed by atoms with E-state index in [2.05, 4.69) is 48.5 Å². The van der Waals surface area contributed by atoms with E-state index >= 15 is 0 Å². The van der Waals surface area contributed by atoms with Crippen LogP contribution in [0.5, 0.6) is 0 Å². The smallest absolute Gasteiger partial charge is 0.127 e. The summed E-state index contributed by atoms with van der Waals surface area (Å²) in [7, 11) is 0. The molecule has 0 N–H and O–H groups in total. The molecule has 0 aromatic heterocycles. The molecule has 4 rings (SSSR count). The number of carbonyl (C=O) groups excluding carboxylic acids is 1. The highest BCUT2D eigenvalue weighted by molar-refractivity contribution is 6.09. The molecule has 1 nitrogen and oxygen atoms in total. The summed E-state index contributed by atoms with van der Waals surface area (Å²) in [6.45, 7) is 0. The number of hydrogen-bond acceptors (Lipinski definition) is 1. The first-order valence-corrected chi connectivity index (χ1v) is 7.27. The second-order valence-electron chi connectivity index (χ2n) is 5.65. The zero-order valence-electron chi connectivity index (χ0n) is 11.3. The Morgan fingerprint density at radius 1 is 0.900 bits per heavy atom. The Morgan fingerprint density at radius 3 is 2.65 bits per heavy atom. The van der Waals surface area contributed by atoms with E-state index in [1.807, 2.05) is 0 Å². The SMILES string of the molecule is O=CC1CCCc2ccc3c(ccc4ccccc43)c21. The Balaban J connectivity index is 2.13. The van der Waals surface area contributed by atoms with Crippen molar-refractivity contribution in [2.45, 2.75) is 25.2 Å². The zero-order chi connectivity index (χ0) is 13.5. The first-order chi connectivity index (χ1) is 9.88. The largest absolute Gasteiger partial charge is 0.303 e. The van der Waals surface area contributed by atoms with Crippen molar-refractivity contribution < 1.29 is 4.79 Å². The fourth-order valence-electron chi connectivity index (χ4n) is 3.61. The maximum atomic E-state index is 11.4. The minimum absolute atomic E-state index is 0.0728. The molecule has 0 saturated carbocycles. The predicted molar refractivity (Wildman–Crippen MR) is 83.2 cm³/mol. The molecule has 98 valence electrons. The van der Waals surface area contributed by atoms with Gasteiger partial charge in [-0.1, -0.05) is 48.5 Å². The van der Waals surface area contributed by atoms with Crippen LogP contribution in [0.3, 0.4) is 0 Å². The summed E-state index contributed by atoms with van der Waals surface area (Å²) in [5.41, 5.74) is 2.63. The van der Waals surface area contributed by atoms with Crippen molar-refractivity contribution in [1.29, 1.82) is 0 Å². The van der Waals surface area contributed by atoms with Crippen LogP contribution >= 0.6 is 0 Å². The molecule has 1 aliphatic rings. The van der Waals surface area contributed by atoms with Gasteiger partial charge in [0.05, 0.1) is 0 Å². The van der Waals surface area contributed by atoms with Crippen LogP contribution in [0.25, 0.3) is 21.5 Å². The maximum absolute atomic E-state index is 11.4. The maximum Gasteiger partial charge on any atom is 0.127 e. The number of aldehydes is 1. The van der Waals surface area contributed by atoms with E-state index in [0.717, 1.165) is 25.5 Å². The molecule has 0 amide bonds. The number of carbonyl (C=O) groups is 1. The molecule has 1 unspecified atom stereocenters. The van der Waals surface area contributed by atoms with Crippen molar-refractivity contribution in [2.75, 3.05) is 0 Å². The zero-order valence-corrected chi connectivity index (χ0v) is 11.3. The number of fused-ring (bicyclic) bond motifs is 5. The fourth-order valence-corrected chi connectivity index (χ4v) is 3.61. The third kappa shape index (κ3) is 1.59. The molecule has 3 aromatic carbocycles. The van der Waals surface area contributed by atoms with E-state index in [4.69, 9.17) is 0 Å². The van der Waals surface area contributed by atoms with Gasteiger partial charge in [0.1, 0.15) is 6.29 Å². The van der Waals surface area contributed by atoms with Gasteiger partial charge in [0.2, 0.25) is 0 Å². The van der Waals surface area contributed by atoms with E-state index < -0.39 is 0 Å². The number of benzene rings is 3. The van der Waals surface area contributed by atoms with Crippen molar-refractivity contribution in [3.63, 3.8) is 0 Å². The van der Waals surface area contributed by atoms with Crippen LogP contribution in [0, 0.1) is 0 Å². The molecule has 0 bridgehead atoms. The van der Waals surface area contributed by atoms with Crippen LogP contribution in [0.2, 0.25) is 0 Å². The van der Waals surface area contributed by atoms with Crippen LogP contribution in [-0.4, -0.2) is 6.29 Å². The second-order valence-corrected chi connectivity index (χ2v) is 5.65. The van der Waals surface area contributed by atoms with Crippen LogP contribution < -0.4 is 0 Å². The molecule has 0 saturated heterocycles. The van der Waals surface area contributed by atoms with Gasteiger partial charge >= 0.3 is 0 Å². The van der Waals surface area contributed by atoms with Crippen LogP contribution in [-0.2, 0) is 11.2 Å². The molecule has 0 fully saturated rings. The summed E-state index contributed by atoms with van der Waals surface area (Å²) in [6.07, 6.45) is 4.34. The third-order valence-corrected chi connectivity index (χ3v) is 4.55. The average molecular weight is 260 g/mol. The van der Waals surface area contributed by atoms with Gasteiger partial charge in [-0.25, -0.2) is 0 Å². The molecule has 1 heteroatoms. The Bertz CT molecular complexity index is 816. The Hall–Kier alpha value is -2.15. The highest BCUT2D eigenvalue weighted by atomic mass is 16.1. The first kappa shape index (κ1) is 11.7. The van der Waals surface area contributed by atoms with Gasteiger partial charge in [-0.15, -0.1) is 0 Å². The van der Waals surface area contributed by atoms with E-state index in [0.29, 0.717) is 0 Å². The fraction of sp³-hybridized carbons (Fsp3) is 0.211. The van der Waals surface area contributed by atoms with Gasteiger partial charge in [-0.05, 0) is 51.9 Å². The van der Waals surface area contributed by atoms with Crippen molar-refractivity contribution in [1.82, 2.24) is 0 Å². The number of aryl methyl sites for hydroxylation is 1. The third-order valence-electron chi connectivity index (χ3n) is 4.55. The van der Waals surface area contributed by atoms with E-state index in [1.54, 1.807) is 0 Å². The molecular weight excluding hydrogens is 244 g/mol. The topological polar surface area (TPSA) is 17.1 Å². The van der Waals surface area contributed by atoms with E-state index in [9.17, 15) is 4.79 Å². The molecule has 0 spiro atoms. The lowest BCUT2D eigenvalue weighted by Gasteiger charge is -2.23. The van der Waals surface area contributed by atoms with Gasteiger partial charge in [-0.3, -0.25) is 0 Å². The lowest BCUT2D eigenvalue weighted by atomic mass is 9.80. The van der Waals surface area contributed by atoms with Gasteiger partial charge < -0.3 is 4.79 Å². The van der Waals surface area contributed by atoms with Gasteiger partial charge in [0.15, 0.2) is 0 Å². The monoisotopic (exact) mass is 260 g/mol. The highest BCUT2D eigenvalue weighted by Gasteiger charge is 2.22. The van der Waals surface area contributed by atoms with Crippen molar-refractivity contribution in [3.05, 3.63) is 59.7 Å². The van der Waals surface area contributed by atoms with Gasteiger partial charge in [0.25, 0.3) is 0 Å². The van der Waals surface area contributed by atoms with Crippen molar-refractivity contribution in [2.24, 2.45) is 0 Å². The summed E-state index contributed by atoms with van der Waals surface area (Å²) in [5, 5.41) is 5.08. The second kappa shape index (κ2) is 4.45. The molecule has 1 atom stereocenters. The van der Waals surface area contributed by atoms with Gasteiger partial charge in [-0.2, -0.15) is 0 Å². The number of rotatable bonds is 1. The summed E-state index contributed by atoms with van der Waals surface area (Å²) in [4.78, 5) is 11.4. The summed E-state index contributed by atoms with van der Waals surface area (Å²) in [5.74, 6) is 0.0728. The van der Waals surface area contributed by atoms with Crippen LogP contribution in [0.15, 0.2) is 48.5 Å². The quantitative estimate of drug-likeness (QED) is 0.461. The molecule has 3 aromatic rings. The number of hydrogen-bond donors (Lipinski definition) is 0. The highest BCUT2D eigenvalue weighted by Crippen LogP contribution is 2.38. The Morgan fingerprint density at radius 2 is 1.75 bits per heavy atom. The van der Waals surface area contributed by atoms with E-state index in [1.165, 1.54) is 32.7 Å². The predicted octanol–water partition coefficient (Wildman–Crippen LogP) is 4.61. The summed E-state index contributed by atoms with van der Waals surface area (Å²) in [6, 6.07) is 17.3. The lowest BCUT2D eigenvalue weighted by molar-refractivity contribution is -0.109. The molecule has 20 heavy (non-hydrogen) atoms. The first-order valence-electron chi connectivity index (χ1n) is 7.27. The van der Waals surface area contributed by atoms with Gasteiger partial charge in [0, 0.05) is 5.92 Å². The molecule has 1 aliphatic carbocycles. The minimum Gasteiger partial charge on any atom is -0.303 e. The summed E-state index contributed by atoms with van der Waals surface area (Å²) >= 11 is 0. The van der Waals surface area contributed by atoms with Crippen LogP contribution in [0.1, 0.15) is 29.9 Å². The molecule has 0 radical (unpaired) electrons. The average Bonchev–Trinajstić information content (AvgIpc) is 2.53. The molecule has 0 aliphatic heterocycles. The molecule has 0 heterocycles. The van der Waals surface area contributed by atoms with Crippen LogP contribution in [0.4, 0.5) is 0 Å².